The van der Waals surface area contributed by atoms with Gasteiger partial charge in [0.2, 0.25) is 5.91 Å². The number of anilines is 2. The summed E-state index contributed by atoms with van der Waals surface area (Å²) in [5.41, 5.74) is 1.11. The van der Waals surface area contributed by atoms with Gasteiger partial charge in [0.05, 0.1) is 10.6 Å². The molecule has 3 rings (SSSR count). The molecule has 33 heavy (non-hydrogen) atoms. The number of carbonyl (C=O) groups excluding carboxylic acids is 2. The fourth-order valence-corrected chi connectivity index (χ4v) is 3.99. The number of nitrogens with zero attached hydrogens (tertiary/aromatic N) is 4. The van der Waals surface area contributed by atoms with Gasteiger partial charge in [0.15, 0.2) is 6.61 Å². The number of carbonyl (C=O) groups is 2. The molecule has 0 unspecified atom stereocenters. The summed E-state index contributed by atoms with van der Waals surface area (Å²) in [6.45, 7) is 6.43. The third-order valence-electron chi connectivity index (χ3n) is 5.73. The van der Waals surface area contributed by atoms with Crippen molar-refractivity contribution in [2.75, 3.05) is 43.0 Å². The number of amides is 2. The first-order chi connectivity index (χ1) is 15.9. The number of aromatic nitrogens is 1. The van der Waals surface area contributed by atoms with Crippen LogP contribution in [0, 0.1) is 17.2 Å². The lowest BCUT2D eigenvalue weighted by Crippen LogP contribution is -2.38. The van der Waals surface area contributed by atoms with Crippen molar-refractivity contribution >= 4 is 34.9 Å². The molecule has 0 bridgehead atoms. The van der Waals surface area contributed by atoms with Crippen molar-refractivity contribution in [1.82, 2.24) is 9.88 Å². The van der Waals surface area contributed by atoms with Gasteiger partial charge in [0.25, 0.3) is 5.91 Å². The Balaban J connectivity index is 1.50. The van der Waals surface area contributed by atoms with E-state index >= 15 is 0 Å². The van der Waals surface area contributed by atoms with Gasteiger partial charge in [-0.15, -0.1) is 0 Å². The van der Waals surface area contributed by atoms with Crippen LogP contribution in [0.2, 0.25) is 5.02 Å². The highest BCUT2D eigenvalue weighted by Gasteiger charge is 2.26. The van der Waals surface area contributed by atoms with E-state index in [-0.39, 0.29) is 24.3 Å². The van der Waals surface area contributed by atoms with Gasteiger partial charge >= 0.3 is 0 Å². The summed E-state index contributed by atoms with van der Waals surface area (Å²) in [6, 6.07) is 10.7. The number of hydrogen-bond acceptors (Lipinski definition) is 6. The fraction of sp³-hybridized carbons (Fsp3) is 0.417. The first kappa shape index (κ1) is 24.3. The summed E-state index contributed by atoms with van der Waals surface area (Å²) in [4.78, 5) is 33.0. The molecule has 0 radical (unpaired) electrons. The molecular weight excluding hydrogens is 442 g/mol. The number of benzene rings is 1. The van der Waals surface area contributed by atoms with E-state index in [0.29, 0.717) is 61.0 Å². The van der Waals surface area contributed by atoms with E-state index in [9.17, 15) is 9.59 Å². The maximum atomic E-state index is 12.7. The number of nitrogens with one attached hydrogen (secondary N) is 1. The van der Waals surface area contributed by atoms with Crippen molar-refractivity contribution in [2.45, 2.75) is 26.7 Å². The van der Waals surface area contributed by atoms with E-state index in [1.807, 2.05) is 19.9 Å². The smallest absolute Gasteiger partial charge is 0.260 e. The molecule has 1 aliphatic rings. The molecule has 9 heteroatoms. The Hall–Kier alpha value is -3.31. The van der Waals surface area contributed by atoms with Gasteiger partial charge in [0.1, 0.15) is 17.6 Å². The monoisotopic (exact) mass is 469 g/mol. The summed E-state index contributed by atoms with van der Waals surface area (Å²) < 4.78 is 5.56. The average Bonchev–Trinajstić information content (AvgIpc) is 2.84. The lowest BCUT2D eigenvalue weighted by Gasteiger charge is -2.32. The van der Waals surface area contributed by atoms with Gasteiger partial charge in [-0.25, -0.2) is 4.98 Å². The van der Waals surface area contributed by atoms with E-state index in [0.717, 1.165) is 5.82 Å². The Morgan fingerprint density at radius 1 is 1.24 bits per heavy atom. The number of piperidine rings is 1. The molecule has 174 valence electrons. The highest BCUT2D eigenvalue weighted by Crippen LogP contribution is 2.29. The quantitative estimate of drug-likeness (QED) is 0.632. The lowest BCUT2D eigenvalue weighted by molar-refractivity contribution is -0.133. The van der Waals surface area contributed by atoms with Crippen LogP contribution in [0.25, 0.3) is 0 Å². The van der Waals surface area contributed by atoms with Crippen molar-refractivity contribution in [2.24, 2.45) is 5.92 Å². The molecule has 2 heterocycles. The minimum Gasteiger partial charge on any atom is -0.482 e. The van der Waals surface area contributed by atoms with Crippen LogP contribution in [-0.4, -0.2) is 54.5 Å². The fourth-order valence-electron chi connectivity index (χ4n) is 3.76. The number of rotatable bonds is 8. The number of ether oxygens (including phenoxy) is 1. The van der Waals surface area contributed by atoms with Crippen molar-refractivity contribution < 1.29 is 14.3 Å². The molecule has 0 spiro atoms. The van der Waals surface area contributed by atoms with Crippen LogP contribution in [0.1, 0.15) is 32.3 Å². The topological polar surface area (TPSA) is 98.6 Å². The average molecular weight is 470 g/mol. The standard InChI is InChI=1S/C24H28ClN5O3/c1-3-29(4-2)23(31)16-33-21-7-6-19(13-20(21)25)28-24(32)18-9-11-30(12-10-18)22-8-5-17(14-26)15-27-22/h5-8,13,15,18H,3-4,9-12,16H2,1-2H3,(H,28,32). The predicted molar refractivity (Wildman–Crippen MR) is 127 cm³/mol. The number of likely N-dealkylation sites (N-methyl/N-ethyl adjacent to an activating group) is 1. The van der Waals surface area contributed by atoms with E-state index in [4.69, 9.17) is 21.6 Å². The van der Waals surface area contributed by atoms with Gasteiger partial charge in [0, 0.05) is 44.0 Å². The summed E-state index contributed by atoms with van der Waals surface area (Å²) in [6.07, 6.45) is 2.97. The zero-order chi connectivity index (χ0) is 23.8. The molecular formula is C24H28ClN5O3. The van der Waals surface area contributed by atoms with Gasteiger partial charge in [-0.1, -0.05) is 11.6 Å². The van der Waals surface area contributed by atoms with E-state index < -0.39 is 0 Å². The third kappa shape index (κ3) is 6.36. The molecule has 2 aromatic rings. The summed E-state index contributed by atoms with van der Waals surface area (Å²) in [5.74, 6) is 0.953. The number of halogens is 1. The molecule has 1 aromatic carbocycles. The van der Waals surface area contributed by atoms with Gasteiger partial charge in [-0.05, 0) is 57.0 Å². The van der Waals surface area contributed by atoms with Crippen LogP contribution in [0.3, 0.4) is 0 Å². The molecule has 8 nitrogen and oxygen atoms in total. The predicted octanol–water partition coefficient (Wildman–Crippen LogP) is 3.71. The van der Waals surface area contributed by atoms with E-state index in [1.54, 1.807) is 35.4 Å². The van der Waals surface area contributed by atoms with Crippen LogP contribution in [0.4, 0.5) is 11.5 Å². The minimum atomic E-state index is -0.110. The van der Waals surface area contributed by atoms with Crippen LogP contribution in [0.15, 0.2) is 36.5 Å². The number of pyridine rings is 1. The molecule has 1 saturated heterocycles. The number of nitriles is 1. The van der Waals surface area contributed by atoms with E-state index in [2.05, 4.69) is 21.3 Å². The van der Waals surface area contributed by atoms with Gasteiger partial charge in [-0.3, -0.25) is 9.59 Å². The minimum absolute atomic E-state index is 0.0520. The SMILES string of the molecule is CCN(CC)C(=O)COc1ccc(NC(=O)C2CCN(c3ccc(C#N)cn3)CC2)cc1Cl. The Morgan fingerprint density at radius 3 is 2.55 bits per heavy atom. The Bertz CT molecular complexity index is 1010. The maximum absolute atomic E-state index is 12.7. The molecule has 0 saturated carbocycles. The van der Waals surface area contributed by atoms with Crippen molar-refractivity contribution in [3.8, 4) is 11.8 Å². The van der Waals surface area contributed by atoms with Crippen LogP contribution in [-0.2, 0) is 9.59 Å². The highest BCUT2D eigenvalue weighted by molar-refractivity contribution is 6.32. The second-order valence-corrected chi connectivity index (χ2v) is 8.17. The first-order valence-corrected chi connectivity index (χ1v) is 11.4. The Morgan fingerprint density at radius 2 is 1.97 bits per heavy atom. The highest BCUT2D eigenvalue weighted by atomic mass is 35.5. The lowest BCUT2D eigenvalue weighted by atomic mass is 9.95. The molecule has 1 N–H and O–H groups in total. The van der Waals surface area contributed by atoms with Crippen molar-refractivity contribution in [3.63, 3.8) is 0 Å². The Kier molecular flexibility index (Phi) is 8.50. The summed E-state index contributed by atoms with van der Waals surface area (Å²) in [5, 5.41) is 12.2. The normalized spacial score (nSPS) is 13.8. The summed E-state index contributed by atoms with van der Waals surface area (Å²) in [7, 11) is 0. The second kappa shape index (κ2) is 11.5. The first-order valence-electron chi connectivity index (χ1n) is 11.1. The van der Waals surface area contributed by atoms with Gasteiger partial charge in [-0.2, -0.15) is 5.26 Å². The largest absolute Gasteiger partial charge is 0.482 e. The molecule has 0 atom stereocenters. The number of hydrogen-bond donors (Lipinski definition) is 1. The second-order valence-electron chi connectivity index (χ2n) is 7.77. The van der Waals surface area contributed by atoms with Crippen LogP contribution in [0.5, 0.6) is 5.75 Å². The zero-order valence-electron chi connectivity index (χ0n) is 18.9. The third-order valence-corrected chi connectivity index (χ3v) is 6.03. The van der Waals surface area contributed by atoms with Crippen molar-refractivity contribution in [1.29, 1.82) is 5.26 Å². The van der Waals surface area contributed by atoms with Crippen LogP contribution >= 0.6 is 11.6 Å². The molecule has 1 aromatic heterocycles. The summed E-state index contributed by atoms with van der Waals surface area (Å²) >= 11 is 6.30. The molecule has 0 aliphatic carbocycles. The maximum Gasteiger partial charge on any atom is 0.260 e. The molecule has 1 aliphatic heterocycles. The Labute approximate surface area is 199 Å². The molecule has 1 fully saturated rings. The van der Waals surface area contributed by atoms with E-state index in [1.165, 1.54) is 0 Å². The zero-order valence-corrected chi connectivity index (χ0v) is 19.6. The van der Waals surface area contributed by atoms with Crippen molar-refractivity contribution in [3.05, 3.63) is 47.1 Å². The van der Waals surface area contributed by atoms with Gasteiger partial charge < -0.3 is 19.9 Å². The molecule has 2 amide bonds. The van der Waals surface area contributed by atoms with Crippen LogP contribution < -0.4 is 15.0 Å².